The van der Waals surface area contributed by atoms with Gasteiger partial charge < -0.3 is 10.6 Å². The first-order valence-electron chi connectivity index (χ1n) is 6.57. The van der Waals surface area contributed by atoms with Gasteiger partial charge in [-0.3, -0.25) is 0 Å². The van der Waals surface area contributed by atoms with Gasteiger partial charge in [-0.25, -0.2) is 0 Å². The molecule has 0 radical (unpaired) electrons. The second kappa shape index (κ2) is 4.89. The van der Waals surface area contributed by atoms with Crippen LogP contribution in [0, 0.1) is 6.92 Å². The van der Waals surface area contributed by atoms with Gasteiger partial charge in [-0.2, -0.15) is 0 Å². The first-order valence-corrected chi connectivity index (χ1v) is 7.36. The predicted molar refractivity (Wildman–Crippen MR) is 85.1 cm³/mol. The molecule has 3 heteroatoms. The molecule has 98 valence electrons. The van der Waals surface area contributed by atoms with E-state index in [4.69, 9.17) is 5.73 Å². The lowest BCUT2D eigenvalue weighted by Gasteiger charge is -2.32. The third-order valence-electron chi connectivity index (χ3n) is 3.64. The zero-order valence-corrected chi connectivity index (χ0v) is 12.6. The van der Waals surface area contributed by atoms with E-state index in [0.29, 0.717) is 0 Å². The first-order chi connectivity index (χ1) is 9.15. The van der Waals surface area contributed by atoms with Gasteiger partial charge >= 0.3 is 0 Å². The van der Waals surface area contributed by atoms with Gasteiger partial charge in [-0.1, -0.05) is 33.6 Å². The monoisotopic (exact) mass is 316 g/mol. The van der Waals surface area contributed by atoms with Crippen LogP contribution in [0.4, 0.5) is 17.1 Å². The summed E-state index contributed by atoms with van der Waals surface area (Å²) in [6.07, 6.45) is 2.32. The highest BCUT2D eigenvalue weighted by molar-refractivity contribution is 9.10. The third kappa shape index (κ3) is 2.35. The number of rotatable bonds is 1. The number of anilines is 3. The molecule has 1 heterocycles. The van der Waals surface area contributed by atoms with Crippen molar-refractivity contribution < 1.29 is 0 Å². The second-order valence-corrected chi connectivity index (χ2v) is 6.01. The third-order valence-corrected chi connectivity index (χ3v) is 4.13. The van der Waals surface area contributed by atoms with Crippen LogP contribution in [0.15, 0.2) is 40.9 Å². The van der Waals surface area contributed by atoms with Crippen LogP contribution in [0.3, 0.4) is 0 Å². The van der Waals surface area contributed by atoms with E-state index in [1.54, 1.807) is 0 Å². The Morgan fingerprint density at radius 1 is 1.11 bits per heavy atom. The molecule has 2 aromatic rings. The van der Waals surface area contributed by atoms with Gasteiger partial charge in [0.1, 0.15) is 0 Å². The van der Waals surface area contributed by atoms with E-state index >= 15 is 0 Å². The molecule has 0 unspecified atom stereocenters. The Bertz CT molecular complexity index is 622. The van der Waals surface area contributed by atoms with Gasteiger partial charge in [0.25, 0.3) is 0 Å². The minimum absolute atomic E-state index is 0.830. The molecule has 3 rings (SSSR count). The van der Waals surface area contributed by atoms with Crippen molar-refractivity contribution in [2.24, 2.45) is 0 Å². The highest BCUT2D eigenvalue weighted by Gasteiger charge is 2.19. The lowest BCUT2D eigenvalue weighted by Crippen LogP contribution is -2.25. The van der Waals surface area contributed by atoms with Crippen molar-refractivity contribution in [2.45, 2.75) is 19.8 Å². The zero-order chi connectivity index (χ0) is 13.4. The van der Waals surface area contributed by atoms with Crippen molar-refractivity contribution in [3.05, 3.63) is 52.0 Å². The molecule has 2 N–H and O–H groups in total. The van der Waals surface area contributed by atoms with Crippen molar-refractivity contribution in [3.63, 3.8) is 0 Å². The molecular formula is C16H17BrN2. The highest BCUT2D eigenvalue weighted by Crippen LogP contribution is 2.37. The fraction of sp³-hybridized carbons (Fsp3) is 0.250. The molecule has 0 aromatic heterocycles. The van der Waals surface area contributed by atoms with Crippen molar-refractivity contribution in [1.82, 2.24) is 0 Å². The highest BCUT2D eigenvalue weighted by atomic mass is 79.9. The molecule has 0 aliphatic carbocycles. The number of benzene rings is 2. The SMILES string of the molecule is Cc1ccc2c(c1)CCCN2c1cc(Br)ccc1N. The number of halogens is 1. The Kier molecular flexibility index (Phi) is 3.23. The van der Waals surface area contributed by atoms with Crippen molar-refractivity contribution in [3.8, 4) is 0 Å². The first kappa shape index (κ1) is 12.5. The maximum absolute atomic E-state index is 6.14. The van der Waals surface area contributed by atoms with Crippen molar-refractivity contribution in [2.75, 3.05) is 17.2 Å². The molecular weight excluding hydrogens is 300 g/mol. The predicted octanol–water partition coefficient (Wildman–Crippen LogP) is 4.42. The maximum Gasteiger partial charge on any atom is 0.0655 e. The molecule has 1 aliphatic heterocycles. The van der Waals surface area contributed by atoms with E-state index in [0.717, 1.165) is 28.8 Å². The lowest BCUT2D eigenvalue weighted by atomic mass is 9.99. The molecule has 2 nitrogen and oxygen atoms in total. The van der Waals surface area contributed by atoms with Crippen LogP contribution in [-0.2, 0) is 6.42 Å². The quantitative estimate of drug-likeness (QED) is 0.789. The summed E-state index contributed by atoms with van der Waals surface area (Å²) in [5.41, 5.74) is 12.1. The number of nitrogen functional groups attached to an aromatic ring is 1. The standard InChI is InChI=1S/C16H17BrN2/c1-11-4-7-15-12(9-11)3-2-8-19(15)16-10-13(17)5-6-14(16)18/h4-7,9-10H,2-3,8,18H2,1H3. The van der Waals surface area contributed by atoms with Gasteiger partial charge in [0.05, 0.1) is 11.4 Å². The number of hydrogen-bond acceptors (Lipinski definition) is 2. The van der Waals surface area contributed by atoms with E-state index in [1.807, 2.05) is 12.1 Å². The largest absolute Gasteiger partial charge is 0.397 e. The van der Waals surface area contributed by atoms with E-state index < -0.39 is 0 Å². The van der Waals surface area contributed by atoms with Crippen LogP contribution < -0.4 is 10.6 Å². The summed E-state index contributed by atoms with van der Waals surface area (Å²) in [6, 6.07) is 12.7. The topological polar surface area (TPSA) is 29.3 Å². The molecule has 0 spiro atoms. The van der Waals surface area contributed by atoms with Gasteiger partial charge in [0.2, 0.25) is 0 Å². The number of hydrogen-bond donors (Lipinski definition) is 1. The molecule has 2 aromatic carbocycles. The van der Waals surface area contributed by atoms with Gasteiger partial charge in [0.15, 0.2) is 0 Å². The summed E-state index contributed by atoms with van der Waals surface area (Å²) in [7, 11) is 0. The van der Waals surface area contributed by atoms with Crippen LogP contribution in [0.5, 0.6) is 0 Å². The van der Waals surface area contributed by atoms with Crippen LogP contribution in [0.1, 0.15) is 17.5 Å². The maximum atomic E-state index is 6.14. The molecule has 0 saturated carbocycles. The minimum atomic E-state index is 0.830. The van der Waals surface area contributed by atoms with Crippen LogP contribution in [0.2, 0.25) is 0 Å². The molecule has 0 atom stereocenters. The fourth-order valence-electron chi connectivity index (χ4n) is 2.73. The van der Waals surface area contributed by atoms with Gasteiger partial charge in [-0.05, 0) is 49.6 Å². The van der Waals surface area contributed by atoms with E-state index in [-0.39, 0.29) is 0 Å². The Balaban J connectivity index is 2.11. The van der Waals surface area contributed by atoms with Gasteiger partial charge in [-0.15, -0.1) is 0 Å². The van der Waals surface area contributed by atoms with E-state index in [1.165, 1.54) is 23.2 Å². The summed E-state index contributed by atoms with van der Waals surface area (Å²) in [5.74, 6) is 0. The summed E-state index contributed by atoms with van der Waals surface area (Å²) in [6.45, 7) is 3.17. The van der Waals surface area contributed by atoms with Gasteiger partial charge in [0, 0.05) is 16.7 Å². The van der Waals surface area contributed by atoms with Crippen LogP contribution in [0.25, 0.3) is 0 Å². The summed E-state index contributed by atoms with van der Waals surface area (Å²) >= 11 is 3.53. The number of nitrogens with zero attached hydrogens (tertiary/aromatic N) is 1. The molecule has 0 saturated heterocycles. The molecule has 0 bridgehead atoms. The fourth-order valence-corrected chi connectivity index (χ4v) is 3.08. The smallest absolute Gasteiger partial charge is 0.0655 e. The van der Waals surface area contributed by atoms with E-state index in [2.05, 4.69) is 52.0 Å². The number of fused-ring (bicyclic) bond motifs is 1. The van der Waals surface area contributed by atoms with Crippen molar-refractivity contribution in [1.29, 1.82) is 0 Å². The Morgan fingerprint density at radius 2 is 1.95 bits per heavy atom. The molecule has 19 heavy (non-hydrogen) atoms. The number of aryl methyl sites for hydroxylation is 2. The average Bonchev–Trinajstić information content (AvgIpc) is 2.40. The number of nitrogens with two attached hydrogens (primary N) is 1. The van der Waals surface area contributed by atoms with Crippen molar-refractivity contribution >= 4 is 33.0 Å². The molecule has 0 amide bonds. The Morgan fingerprint density at radius 3 is 2.79 bits per heavy atom. The minimum Gasteiger partial charge on any atom is -0.397 e. The summed E-state index contributed by atoms with van der Waals surface area (Å²) in [4.78, 5) is 2.33. The molecule has 0 fully saturated rings. The Hall–Kier alpha value is -1.48. The lowest BCUT2D eigenvalue weighted by molar-refractivity contribution is 0.766. The Labute approximate surface area is 122 Å². The normalized spacial score (nSPS) is 14.3. The van der Waals surface area contributed by atoms with Crippen LogP contribution >= 0.6 is 15.9 Å². The zero-order valence-electron chi connectivity index (χ0n) is 11.0. The summed E-state index contributed by atoms with van der Waals surface area (Å²) < 4.78 is 1.07. The molecule has 1 aliphatic rings. The summed E-state index contributed by atoms with van der Waals surface area (Å²) in [5, 5.41) is 0. The average molecular weight is 317 g/mol. The van der Waals surface area contributed by atoms with E-state index in [9.17, 15) is 0 Å². The second-order valence-electron chi connectivity index (χ2n) is 5.09. The van der Waals surface area contributed by atoms with Crippen LogP contribution in [-0.4, -0.2) is 6.54 Å².